The predicted molar refractivity (Wildman–Crippen MR) is 69.4 cm³/mol. The molecule has 1 rings (SSSR count). The second-order valence-corrected chi connectivity index (χ2v) is 4.42. The van der Waals surface area contributed by atoms with Crippen molar-refractivity contribution in [1.29, 1.82) is 0 Å². The van der Waals surface area contributed by atoms with Gasteiger partial charge in [0.25, 0.3) is 0 Å². The zero-order valence-electron chi connectivity index (χ0n) is 10.5. The second kappa shape index (κ2) is 5.87. The summed E-state index contributed by atoms with van der Waals surface area (Å²) in [5.74, 6) is -0.419. The van der Waals surface area contributed by atoms with Crippen LogP contribution in [0.5, 0.6) is 0 Å². The van der Waals surface area contributed by atoms with E-state index in [-0.39, 0.29) is 17.7 Å². The molecule has 0 heterocycles. The molecule has 0 saturated heterocycles. The summed E-state index contributed by atoms with van der Waals surface area (Å²) in [7, 11) is 0. The van der Waals surface area contributed by atoms with Gasteiger partial charge in [-0.05, 0) is 25.0 Å². The number of benzene rings is 1. The Morgan fingerprint density at radius 3 is 2.53 bits per heavy atom. The Hall–Kier alpha value is -1.29. The number of halogens is 1. The van der Waals surface area contributed by atoms with Crippen LogP contribution in [0, 0.1) is 11.2 Å². The Kier molecular flexibility index (Phi) is 4.75. The van der Waals surface area contributed by atoms with Crippen LogP contribution >= 0.6 is 0 Å². The summed E-state index contributed by atoms with van der Waals surface area (Å²) in [6.45, 7) is 4.78. The van der Waals surface area contributed by atoms with Crippen LogP contribution in [0.4, 0.5) is 15.8 Å². The molecule has 0 bridgehead atoms. The molecule has 0 atom stereocenters. The number of anilines is 2. The summed E-state index contributed by atoms with van der Waals surface area (Å²) in [4.78, 5) is 0. The Morgan fingerprint density at radius 2 is 2.00 bits per heavy atom. The molecule has 0 radical (unpaired) electrons. The zero-order chi connectivity index (χ0) is 12.9. The molecule has 0 spiro atoms. The quantitative estimate of drug-likeness (QED) is 0.670. The van der Waals surface area contributed by atoms with E-state index in [1.54, 1.807) is 12.1 Å². The van der Waals surface area contributed by atoms with Crippen LogP contribution in [-0.4, -0.2) is 18.3 Å². The first-order valence-electron chi connectivity index (χ1n) is 5.97. The monoisotopic (exact) mass is 240 g/mol. The van der Waals surface area contributed by atoms with Gasteiger partial charge < -0.3 is 16.2 Å². The summed E-state index contributed by atoms with van der Waals surface area (Å²) in [5.41, 5.74) is 6.19. The second-order valence-electron chi connectivity index (χ2n) is 4.42. The van der Waals surface area contributed by atoms with Crippen LogP contribution in [-0.2, 0) is 0 Å². The minimum absolute atomic E-state index is 0.113. The molecule has 17 heavy (non-hydrogen) atoms. The van der Waals surface area contributed by atoms with Crippen LogP contribution in [0.15, 0.2) is 18.2 Å². The van der Waals surface area contributed by atoms with E-state index in [4.69, 9.17) is 5.73 Å². The summed E-state index contributed by atoms with van der Waals surface area (Å²) >= 11 is 0. The van der Waals surface area contributed by atoms with Crippen LogP contribution in [0.25, 0.3) is 0 Å². The largest absolute Gasteiger partial charge is 0.396 e. The van der Waals surface area contributed by atoms with Gasteiger partial charge in [-0.1, -0.05) is 19.9 Å². The van der Waals surface area contributed by atoms with Crippen LogP contribution in [0.1, 0.15) is 26.7 Å². The summed E-state index contributed by atoms with van der Waals surface area (Å²) in [5, 5.41) is 12.6. The van der Waals surface area contributed by atoms with E-state index in [0.29, 0.717) is 12.2 Å². The highest BCUT2D eigenvalue weighted by Gasteiger charge is 2.25. The molecule has 1 aromatic rings. The fraction of sp³-hybridized carbons (Fsp3) is 0.538. The van der Waals surface area contributed by atoms with Crippen LogP contribution in [0.3, 0.4) is 0 Å². The van der Waals surface area contributed by atoms with E-state index < -0.39 is 5.82 Å². The number of nitrogens with one attached hydrogen (secondary N) is 1. The summed E-state index contributed by atoms with van der Waals surface area (Å²) < 4.78 is 13.2. The minimum Gasteiger partial charge on any atom is -0.396 e. The van der Waals surface area contributed by atoms with Crippen molar-refractivity contribution in [2.24, 2.45) is 5.41 Å². The van der Waals surface area contributed by atoms with E-state index in [1.165, 1.54) is 6.07 Å². The van der Waals surface area contributed by atoms with Crippen molar-refractivity contribution in [2.45, 2.75) is 26.7 Å². The van der Waals surface area contributed by atoms with Crippen molar-refractivity contribution >= 4 is 11.4 Å². The highest BCUT2D eigenvalue weighted by Crippen LogP contribution is 2.28. The Morgan fingerprint density at radius 1 is 1.35 bits per heavy atom. The minimum atomic E-state index is -0.419. The number of rotatable bonds is 6. The molecular formula is C13H21FN2O. The standard InChI is InChI=1S/C13H21FN2O/c1-3-13(4-2,9-17)8-16-11-7-5-6-10(14)12(11)15/h5-7,16-17H,3-4,8-9,15H2,1-2H3. The van der Waals surface area contributed by atoms with Gasteiger partial charge in [0.2, 0.25) is 0 Å². The Bertz CT molecular complexity index is 356. The molecule has 0 aliphatic heterocycles. The van der Waals surface area contributed by atoms with Crippen LogP contribution in [0.2, 0.25) is 0 Å². The highest BCUT2D eigenvalue weighted by molar-refractivity contribution is 5.66. The third-order valence-corrected chi connectivity index (χ3v) is 3.54. The first-order valence-corrected chi connectivity index (χ1v) is 5.97. The van der Waals surface area contributed by atoms with Crippen molar-refractivity contribution in [2.75, 3.05) is 24.2 Å². The molecule has 0 unspecified atom stereocenters. The van der Waals surface area contributed by atoms with Gasteiger partial charge in [-0.25, -0.2) is 4.39 Å². The zero-order valence-corrected chi connectivity index (χ0v) is 10.5. The third-order valence-electron chi connectivity index (χ3n) is 3.54. The van der Waals surface area contributed by atoms with Crippen molar-refractivity contribution in [1.82, 2.24) is 0 Å². The maximum atomic E-state index is 13.2. The lowest BCUT2D eigenvalue weighted by atomic mass is 9.83. The van der Waals surface area contributed by atoms with Gasteiger partial charge in [-0.3, -0.25) is 0 Å². The van der Waals surface area contributed by atoms with Crippen molar-refractivity contribution in [3.05, 3.63) is 24.0 Å². The molecule has 96 valence electrons. The molecular weight excluding hydrogens is 219 g/mol. The number of aliphatic hydroxyl groups is 1. The highest BCUT2D eigenvalue weighted by atomic mass is 19.1. The van der Waals surface area contributed by atoms with Gasteiger partial charge in [0.15, 0.2) is 0 Å². The Labute approximate surface area is 102 Å². The van der Waals surface area contributed by atoms with Gasteiger partial charge >= 0.3 is 0 Å². The van der Waals surface area contributed by atoms with Gasteiger partial charge in [0.05, 0.1) is 18.0 Å². The number of nitrogens with two attached hydrogens (primary N) is 1. The molecule has 0 fully saturated rings. The van der Waals surface area contributed by atoms with E-state index >= 15 is 0 Å². The van der Waals surface area contributed by atoms with Crippen LogP contribution < -0.4 is 11.1 Å². The Balaban J connectivity index is 2.75. The lowest BCUT2D eigenvalue weighted by Crippen LogP contribution is -2.32. The van der Waals surface area contributed by atoms with E-state index in [2.05, 4.69) is 5.32 Å². The molecule has 0 aromatic heterocycles. The molecule has 4 N–H and O–H groups in total. The summed E-state index contributed by atoms with van der Waals surface area (Å²) in [6, 6.07) is 4.69. The third kappa shape index (κ3) is 3.09. The summed E-state index contributed by atoms with van der Waals surface area (Å²) in [6.07, 6.45) is 1.73. The van der Waals surface area contributed by atoms with Crippen molar-refractivity contribution in [3.63, 3.8) is 0 Å². The average Bonchev–Trinajstić information content (AvgIpc) is 2.36. The first-order chi connectivity index (χ1) is 8.08. The number of aliphatic hydroxyl groups excluding tert-OH is 1. The fourth-order valence-electron chi connectivity index (χ4n) is 1.75. The topological polar surface area (TPSA) is 58.3 Å². The molecule has 4 heteroatoms. The average molecular weight is 240 g/mol. The lowest BCUT2D eigenvalue weighted by molar-refractivity contribution is 0.127. The fourth-order valence-corrected chi connectivity index (χ4v) is 1.75. The van der Waals surface area contributed by atoms with E-state index in [1.807, 2.05) is 13.8 Å². The molecule has 0 amide bonds. The number of nitrogen functional groups attached to an aromatic ring is 1. The first kappa shape index (κ1) is 13.8. The maximum absolute atomic E-state index is 13.2. The molecule has 0 saturated carbocycles. The molecule has 0 aliphatic rings. The van der Waals surface area contributed by atoms with Gasteiger partial charge in [-0.2, -0.15) is 0 Å². The number of hydrogen-bond donors (Lipinski definition) is 3. The van der Waals surface area contributed by atoms with Crippen molar-refractivity contribution in [3.8, 4) is 0 Å². The molecule has 3 nitrogen and oxygen atoms in total. The number of para-hydroxylation sites is 1. The molecule has 0 aliphatic carbocycles. The maximum Gasteiger partial charge on any atom is 0.148 e. The van der Waals surface area contributed by atoms with Crippen molar-refractivity contribution < 1.29 is 9.50 Å². The van der Waals surface area contributed by atoms with E-state index in [0.717, 1.165) is 12.8 Å². The van der Waals surface area contributed by atoms with Gasteiger partial charge in [0.1, 0.15) is 5.82 Å². The SMILES string of the molecule is CCC(CC)(CO)CNc1cccc(F)c1N. The number of hydrogen-bond acceptors (Lipinski definition) is 3. The smallest absolute Gasteiger partial charge is 0.148 e. The molecule has 1 aromatic carbocycles. The van der Waals surface area contributed by atoms with Gasteiger partial charge in [-0.15, -0.1) is 0 Å². The van der Waals surface area contributed by atoms with Gasteiger partial charge in [0, 0.05) is 12.0 Å². The normalized spacial score (nSPS) is 11.5. The predicted octanol–water partition coefficient (Wildman–Crippen LogP) is 2.62. The van der Waals surface area contributed by atoms with E-state index in [9.17, 15) is 9.50 Å². The lowest BCUT2D eigenvalue weighted by Gasteiger charge is -2.30.